The lowest BCUT2D eigenvalue weighted by molar-refractivity contribution is 0.101. The van der Waals surface area contributed by atoms with E-state index in [1.165, 1.54) is 11.1 Å². The van der Waals surface area contributed by atoms with Crippen molar-refractivity contribution < 1.29 is 4.79 Å². The van der Waals surface area contributed by atoms with Crippen LogP contribution < -0.4 is 0 Å². The van der Waals surface area contributed by atoms with E-state index in [1.807, 2.05) is 24.6 Å². The summed E-state index contributed by atoms with van der Waals surface area (Å²) in [5.41, 5.74) is 4.03. The maximum Gasteiger partial charge on any atom is 0.163 e. The molecule has 1 heterocycles. The van der Waals surface area contributed by atoms with Crippen LogP contribution in [0, 0.1) is 13.8 Å². The van der Waals surface area contributed by atoms with Gasteiger partial charge in [-0.3, -0.25) is 4.79 Å². The van der Waals surface area contributed by atoms with Gasteiger partial charge in [0.2, 0.25) is 0 Å². The lowest BCUT2D eigenvalue weighted by atomic mass is 10.0. The molecule has 0 spiro atoms. The third-order valence-corrected chi connectivity index (χ3v) is 3.54. The highest BCUT2D eigenvalue weighted by Gasteiger charge is 2.17. The van der Waals surface area contributed by atoms with Crippen LogP contribution >= 0.6 is 11.6 Å². The van der Waals surface area contributed by atoms with Crippen LogP contribution in [0.4, 0.5) is 0 Å². The van der Waals surface area contributed by atoms with Gasteiger partial charge in [0.25, 0.3) is 0 Å². The normalized spacial score (nSPS) is 11.1. The van der Waals surface area contributed by atoms with E-state index in [4.69, 9.17) is 11.6 Å². The predicted octanol–water partition coefficient (Wildman–Crippen LogP) is 3.65. The molecule has 2 nitrogen and oxygen atoms in total. The molecule has 2 rings (SSSR count). The van der Waals surface area contributed by atoms with Crippen LogP contribution in [0.2, 0.25) is 5.15 Å². The molecule has 0 unspecified atom stereocenters. The van der Waals surface area contributed by atoms with E-state index in [1.54, 1.807) is 6.92 Å². The van der Waals surface area contributed by atoms with Gasteiger partial charge in [0.15, 0.2) is 5.78 Å². The van der Waals surface area contributed by atoms with Crippen molar-refractivity contribution in [3.05, 3.63) is 34.0 Å². The molecular weight excluding hydrogens is 222 g/mol. The molecule has 0 bridgehead atoms. The topological polar surface area (TPSA) is 22.0 Å². The zero-order chi connectivity index (χ0) is 12.0. The molecular formula is C13H14ClNO. The third kappa shape index (κ3) is 1.45. The number of Topliss-reactive ketones (excluding diaryl/α,β-unsaturated/α-hetero) is 1. The minimum absolute atomic E-state index is 0.0128. The minimum atomic E-state index is 0.0128. The summed E-state index contributed by atoms with van der Waals surface area (Å²) >= 11 is 6.18. The van der Waals surface area contributed by atoms with Gasteiger partial charge in [-0.2, -0.15) is 0 Å². The molecule has 16 heavy (non-hydrogen) atoms. The first-order valence-electron chi connectivity index (χ1n) is 5.19. The summed E-state index contributed by atoms with van der Waals surface area (Å²) in [6.07, 6.45) is 0. The molecule has 0 aliphatic rings. The van der Waals surface area contributed by atoms with Crippen LogP contribution in [0.3, 0.4) is 0 Å². The number of aryl methyl sites for hydroxylation is 3. The molecule has 0 amide bonds. The van der Waals surface area contributed by atoms with Gasteiger partial charge in [-0.15, -0.1) is 0 Å². The van der Waals surface area contributed by atoms with E-state index in [0.717, 1.165) is 10.9 Å². The van der Waals surface area contributed by atoms with Gasteiger partial charge in [0.1, 0.15) is 5.15 Å². The summed E-state index contributed by atoms with van der Waals surface area (Å²) in [5.74, 6) is 0.0128. The fraction of sp³-hybridized carbons (Fsp3) is 0.308. The first kappa shape index (κ1) is 11.2. The summed E-state index contributed by atoms with van der Waals surface area (Å²) in [6, 6.07) is 4.11. The molecule has 0 radical (unpaired) electrons. The zero-order valence-electron chi connectivity index (χ0n) is 9.89. The Bertz CT molecular complexity index is 596. The number of fused-ring (bicyclic) bond motifs is 1. The Morgan fingerprint density at radius 2 is 1.81 bits per heavy atom. The minimum Gasteiger partial charge on any atom is -0.334 e. The molecule has 2 aromatic rings. The van der Waals surface area contributed by atoms with Crippen molar-refractivity contribution in [1.82, 2.24) is 4.57 Å². The summed E-state index contributed by atoms with van der Waals surface area (Å²) in [4.78, 5) is 11.6. The maximum absolute atomic E-state index is 11.6. The molecule has 0 fully saturated rings. The lowest BCUT2D eigenvalue weighted by Crippen LogP contribution is -1.92. The van der Waals surface area contributed by atoms with Crippen molar-refractivity contribution in [2.45, 2.75) is 20.8 Å². The van der Waals surface area contributed by atoms with Gasteiger partial charge in [0.05, 0.1) is 5.56 Å². The van der Waals surface area contributed by atoms with E-state index < -0.39 is 0 Å². The van der Waals surface area contributed by atoms with E-state index in [9.17, 15) is 4.79 Å². The van der Waals surface area contributed by atoms with Crippen molar-refractivity contribution in [3.63, 3.8) is 0 Å². The standard InChI is InChI=1S/C13H14ClNO/c1-7-5-10-11(6-8(7)2)15(4)13(14)12(10)9(3)16/h5-6H,1-4H3. The largest absolute Gasteiger partial charge is 0.334 e. The van der Waals surface area contributed by atoms with Crippen LogP contribution in [0.1, 0.15) is 28.4 Å². The molecule has 0 aliphatic carbocycles. The van der Waals surface area contributed by atoms with E-state index >= 15 is 0 Å². The number of ketones is 1. The van der Waals surface area contributed by atoms with Crippen LogP contribution in [0.25, 0.3) is 10.9 Å². The molecule has 3 heteroatoms. The molecule has 0 N–H and O–H groups in total. The Morgan fingerprint density at radius 3 is 2.38 bits per heavy atom. The number of hydrogen-bond donors (Lipinski definition) is 0. The molecule has 0 aliphatic heterocycles. The van der Waals surface area contributed by atoms with Crippen molar-refractivity contribution >= 4 is 28.3 Å². The quantitative estimate of drug-likeness (QED) is 0.692. The molecule has 1 aromatic heterocycles. The SMILES string of the molecule is CC(=O)c1c(Cl)n(C)c2cc(C)c(C)cc12. The highest BCUT2D eigenvalue weighted by Crippen LogP contribution is 2.31. The first-order valence-corrected chi connectivity index (χ1v) is 5.57. The number of hydrogen-bond acceptors (Lipinski definition) is 1. The zero-order valence-corrected chi connectivity index (χ0v) is 10.6. The first-order chi connectivity index (χ1) is 7.43. The highest BCUT2D eigenvalue weighted by molar-refractivity contribution is 6.35. The van der Waals surface area contributed by atoms with Crippen LogP contribution in [0.5, 0.6) is 0 Å². The number of carbonyl (C=O) groups is 1. The highest BCUT2D eigenvalue weighted by atomic mass is 35.5. The lowest BCUT2D eigenvalue weighted by Gasteiger charge is -2.02. The number of halogens is 1. The monoisotopic (exact) mass is 235 g/mol. The molecule has 0 saturated carbocycles. The van der Waals surface area contributed by atoms with E-state index in [2.05, 4.69) is 13.0 Å². The van der Waals surface area contributed by atoms with Crippen molar-refractivity contribution in [3.8, 4) is 0 Å². The van der Waals surface area contributed by atoms with Crippen LogP contribution in [0.15, 0.2) is 12.1 Å². The second-order valence-electron chi connectivity index (χ2n) is 4.23. The Hall–Kier alpha value is -1.28. The molecule has 1 aromatic carbocycles. The fourth-order valence-corrected chi connectivity index (χ4v) is 2.32. The number of carbonyl (C=O) groups excluding carboxylic acids is 1. The average Bonchev–Trinajstić information content (AvgIpc) is 2.42. The smallest absolute Gasteiger partial charge is 0.163 e. The Morgan fingerprint density at radius 1 is 1.25 bits per heavy atom. The third-order valence-electron chi connectivity index (χ3n) is 3.10. The average molecular weight is 236 g/mol. The van der Waals surface area contributed by atoms with Crippen LogP contribution in [-0.4, -0.2) is 10.4 Å². The summed E-state index contributed by atoms with van der Waals surface area (Å²) < 4.78 is 1.86. The van der Waals surface area contributed by atoms with Gasteiger partial charge in [-0.25, -0.2) is 0 Å². The summed E-state index contributed by atoms with van der Waals surface area (Å²) in [6.45, 7) is 5.65. The molecule has 84 valence electrons. The van der Waals surface area contributed by atoms with Crippen LogP contribution in [-0.2, 0) is 7.05 Å². The second kappa shape index (κ2) is 3.63. The molecule has 0 saturated heterocycles. The van der Waals surface area contributed by atoms with Crippen molar-refractivity contribution in [2.24, 2.45) is 7.05 Å². The van der Waals surface area contributed by atoms with E-state index in [0.29, 0.717) is 10.7 Å². The van der Waals surface area contributed by atoms with Gasteiger partial charge in [0, 0.05) is 18.0 Å². The van der Waals surface area contributed by atoms with E-state index in [-0.39, 0.29) is 5.78 Å². The Kier molecular flexibility index (Phi) is 2.55. The fourth-order valence-electron chi connectivity index (χ4n) is 2.00. The van der Waals surface area contributed by atoms with Gasteiger partial charge in [-0.05, 0) is 44.0 Å². The van der Waals surface area contributed by atoms with Crippen molar-refractivity contribution in [1.29, 1.82) is 0 Å². The van der Waals surface area contributed by atoms with Gasteiger partial charge < -0.3 is 4.57 Å². The number of benzene rings is 1. The Labute approximate surface area is 99.8 Å². The number of nitrogens with zero attached hydrogens (tertiary/aromatic N) is 1. The number of rotatable bonds is 1. The van der Waals surface area contributed by atoms with Gasteiger partial charge in [-0.1, -0.05) is 11.6 Å². The number of aromatic nitrogens is 1. The van der Waals surface area contributed by atoms with Crippen molar-refractivity contribution in [2.75, 3.05) is 0 Å². The summed E-state index contributed by atoms with van der Waals surface area (Å²) in [5, 5.41) is 1.47. The second-order valence-corrected chi connectivity index (χ2v) is 4.59. The maximum atomic E-state index is 11.6. The summed E-state index contributed by atoms with van der Waals surface area (Å²) in [7, 11) is 1.88. The van der Waals surface area contributed by atoms with Gasteiger partial charge >= 0.3 is 0 Å². The Balaban J connectivity index is 2.97. The molecule has 0 atom stereocenters. The predicted molar refractivity (Wildman–Crippen MR) is 67.4 cm³/mol.